The van der Waals surface area contributed by atoms with Gasteiger partial charge in [-0.3, -0.25) is 14.4 Å². The highest BCUT2D eigenvalue weighted by molar-refractivity contribution is 5.96. The first-order valence-corrected chi connectivity index (χ1v) is 10.7. The molecule has 0 aliphatic carbocycles. The Morgan fingerprint density at radius 2 is 1.91 bits per heavy atom. The maximum absolute atomic E-state index is 13.1. The number of anilines is 3. The first-order chi connectivity index (χ1) is 15.5. The molecule has 1 fully saturated rings. The van der Waals surface area contributed by atoms with Crippen LogP contribution in [0.2, 0.25) is 0 Å². The van der Waals surface area contributed by atoms with Gasteiger partial charge in [-0.2, -0.15) is 0 Å². The van der Waals surface area contributed by atoms with Gasteiger partial charge in [0.1, 0.15) is 5.69 Å². The molecule has 164 valence electrons. The van der Waals surface area contributed by atoms with Gasteiger partial charge in [0, 0.05) is 63.3 Å². The van der Waals surface area contributed by atoms with E-state index in [9.17, 15) is 14.4 Å². The summed E-state index contributed by atoms with van der Waals surface area (Å²) >= 11 is 0. The van der Waals surface area contributed by atoms with Crippen molar-refractivity contribution >= 4 is 40.4 Å². The summed E-state index contributed by atoms with van der Waals surface area (Å²) in [6.07, 6.45) is 4.78. The highest BCUT2D eigenvalue weighted by Gasteiger charge is 2.25. The van der Waals surface area contributed by atoms with Crippen molar-refractivity contribution in [2.24, 2.45) is 0 Å². The van der Waals surface area contributed by atoms with Crippen LogP contribution in [-0.4, -0.2) is 58.2 Å². The van der Waals surface area contributed by atoms with Crippen molar-refractivity contribution in [2.45, 2.75) is 19.8 Å². The number of nitrogens with one attached hydrogen (secondary N) is 2. The molecule has 0 atom stereocenters. The number of amides is 3. The minimum atomic E-state index is -0.186. The Hall–Kier alpha value is -3.88. The number of imidazole rings is 1. The summed E-state index contributed by atoms with van der Waals surface area (Å²) in [6.45, 7) is 4.08. The van der Waals surface area contributed by atoms with E-state index in [1.807, 2.05) is 17.0 Å². The summed E-state index contributed by atoms with van der Waals surface area (Å²) in [6, 6.07) is 9.69. The molecule has 0 radical (unpaired) electrons. The molecule has 32 heavy (non-hydrogen) atoms. The van der Waals surface area contributed by atoms with Gasteiger partial charge in [0.2, 0.25) is 11.8 Å². The normalized spacial score (nSPS) is 16.0. The van der Waals surface area contributed by atoms with Crippen LogP contribution in [0.1, 0.15) is 29.4 Å². The van der Waals surface area contributed by atoms with Crippen molar-refractivity contribution in [1.82, 2.24) is 14.3 Å². The van der Waals surface area contributed by atoms with Crippen LogP contribution in [0.4, 0.5) is 17.1 Å². The Kier molecular flexibility index (Phi) is 5.01. The van der Waals surface area contributed by atoms with Crippen LogP contribution in [0.25, 0.3) is 5.65 Å². The van der Waals surface area contributed by atoms with Crippen LogP contribution in [0.15, 0.2) is 42.7 Å². The molecule has 5 rings (SSSR count). The van der Waals surface area contributed by atoms with Crippen LogP contribution < -0.4 is 15.5 Å². The van der Waals surface area contributed by atoms with Gasteiger partial charge in [-0.1, -0.05) is 0 Å². The zero-order valence-electron chi connectivity index (χ0n) is 17.8. The number of fused-ring (bicyclic) bond motifs is 2. The molecule has 9 nitrogen and oxygen atoms in total. The smallest absolute Gasteiger partial charge is 0.274 e. The van der Waals surface area contributed by atoms with Crippen molar-refractivity contribution in [3.63, 3.8) is 0 Å². The third-order valence-corrected chi connectivity index (χ3v) is 5.93. The highest BCUT2D eigenvalue weighted by Crippen LogP contribution is 2.28. The summed E-state index contributed by atoms with van der Waals surface area (Å²) in [4.78, 5) is 44.6. The van der Waals surface area contributed by atoms with Crippen LogP contribution >= 0.6 is 0 Å². The van der Waals surface area contributed by atoms with Crippen molar-refractivity contribution in [1.29, 1.82) is 0 Å². The van der Waals surface area contributed by atoms with E-state index in [1.54, 1.807) is 28.9 Å². The molecule has 2 aliphatic rings. The van der Waals surface area contributed by atoms with E-state index >= 15 is 0 Å². The summed E-state index contributed by atoms with van der Waals surface area (Å²) in [5, 5.41) is 5.66. The number of carbonyl (C=O) groups is 3. The van der Waals surface area contributed by atoms with Crippen molar-refractivity contribution in [3.05, 3.63) is 54.0 Å². The molecular weight excluding hydrogens is 408 g/mol. The number of piperazine rings is 1. The highest BCUT2D eigenvalue weighted by atomic mass is 16.2. The molecule has 3 aromatic rings. The number of hydrogen-bond acceptors (Lipinski definition) is 5. The molecule has 1 aromatic carbocycles. The second kappa shape index (κ2) is 7.99. The average molecular weight is 432 g/mol. The minimum absolute atomic E-state index is 0.0634. The lowest BCUT2D eigenvalue weighted by Gasteiger charge is -2.36. The lowest BCUT2D eigenvalue weighted by atomic mass is 10.0. The van der Waals surface area contributed by atoms with Gasteiger partial charge in [0.05, 0.1) is 5.69 Å². The number of aromatic nitrogens is 2. The van der Waals surface area contributed by atoms with Gasteiger partial charge in [0.25, 0.3) is 5.91 Å². The van der Waals surface area contributed by atoms with Gasteiger partial charge in [0.15, 0.2) is 5.65 Å². The molecule has 0 bridgehead atoms. The fourth-order valence-electron chi connectivity index (χ4n) is 4.30. The molecule has 2 N–H and O–H groups in total. The fourth-order valence-corrected chi connectivity index (χ4v) is 4.30. The zero-order valence-corrected chi connectivity index (χ0v) is 17.8. The topological polar surface area (TPSA) is 99.1 Å². The summed E-state index contributed by atoms with van der Waals surface area (Å²) < 4.78 is 1.75. The second-order valence-electron chi connectivity index (χ2n) is 8.13. The Balaban J connectivity index is 1.28. The molecule has 3 amide bonds. The van der Waals surface area contributed by atoms with E-state index in [0.29, 0.717) is 36.5 Å². The maximum Gasteiger partial charge on any atom is 0.274 e. The first-order valence-electron chi connectivity index (χ1n) is 10.7. The standard InChI is InChI=1S/C23H24N6O3/c1-15(30)24-19-3-2-8-29-14-20(26-22(19)29)23(32)28-11-9-27(10-12-28)17-5-6-18-16(13-17)4-7-21(31)25-18/h2-3,5-6,8,13-14H,4,7,9-12H2,1H3,(H,24,30)(H,25,31). The average Bonchev–Trinajstić information content (AvgIpc) is 3.23. The summed E-state index contributed by atoms with van der Waals surface area (Å²) in [5.41, 5.74) is 4.64. The van der Waals surface area contributed by atoms with Crippen molar-refractivity contribution < 1.29 is 14.4 Å². The lowest BCUT2D eigenvalue weighted by molar-refractivity contribution is -0.116. The van der Waals surface area contributed by atoms with Gasteiger partial charge in [-0.05, 0) is 42.3 Å². The quantitative estimate of drug-likeness (QED) is 0.661. The number of hydrogen-bond donors (Lipinski definition) is 2. The molecular formula is C23H24N6O3. The van der Waals surface area contributed by atoms with Crippen LogP contribution in [0, 0.1) is 0 Å². The third-order valence-electron chi connectivity index (χ3n) is 5.93. The Morgan fingerprint density at radius 1 is 1.09 bits per heavy atom. The fraction of sp³-hybridized carbons (Fsp3) is 0.304. The zero-order chi connectivity index (χ0) is 22.2. The van der Waals surface area contributed by atoms with Gasteiger partial charge in [-0.15, -0.1) is 0 Å². The molecule has 0 unspecified atom stereocenters. The molecule has 0 saturated carbocycles. The second-order valence-corrected chi connectivity index (χ2v) is 8.13. The van der Waals surface area contributed by atoms with E-state index in [1.165, 1.54) is 6.92 Å². The largest absolute Gasteiger partial charge is 0.368 e. The van der Waals surface area contributed by atoms with Crippen LogP contribution in [0.3, 0.4) is 0 Å². The van der Waals surface area contributed by atoms with Crippen LogP contribution in [-0.2, 0) is 16.0 Å². The van der Waals surface area contributed by atoms with Crippen molar-refractivity contribution in [2.75, 3.05) is 41.7 Å². The monoisotopic (exact) mass is 432 g/mol. The molecule has 1 saturated heterocycles. The van der Waals surface area contributed by atoms with Gasteiger partial charge >= 0.3 is 0 Å². The Morgan fingerprint density at radius 3 is 2.69 bits per heavy atom. The predicted molar refractivity (Wildman–Crippen MR) is 121 cm³/mol. The Labute approximate surface area is 185 Å². The van der Waals surface area contributed by atoms with E-state index in [-0.39, 0.29) is 17.7 Å². The number of rotatable bonds is 3. The Bertz CT molecular complexity index is 1230. The number of nitrogens with zero attached hydrogens (tertiary/aromatic N) is 4. The summed E-state index contributed by atoms with van der Waals surface area (Å²) in [5.74, 6) is -0.238. The predicted octanol–water partition coefficient (Wildman–Crippen LogP) is 2.14. The maximum atomic E-state index is 13.1. The van der Waals surface area contributed by atoms with Gasteiger partial charge < -0.3 is 24.8 Å². The molecule has 2 aromatic heterocycles. The molecule has 0 spiro atoms. The number of pyridine rings is 1. The molecule has 9 heteroatoms. The summed E-state index contributed by atoms with van der Waals surface area (Å²) in [7, 11) is 0. The SMILES string of the molecule is CC(=O)Nc1cccn2cc(C(=O)N3CCN(c4ccc5c(c4)CCC(=O)N5)CC3)nc12. The van der Waals surface area contributed by atoms with Crippen molar-refractivity contribution in [3.8, 4) is 0 Å². The molecule has 4 heterocycles. The van der Waals surface area contributed by atoms with E-state index in [0.717, 1.165) is 36.4 Å². The minimum Gasteiger partial charge on any atom is -0.368 e. The number of aryl methyl sites for hydroxylation is 1. The van der Waals surface area contributed by atoms with E-state index < -0.39 is 0 Å². The lowest BCUT2D eigenvalue weighted by Crippen LogP contribution is -2.49. The van der Waals surface area contributed by atoms with E-state index in [2.05, 4.69) is 26.6 Å². The van der Waals surface area contributed by atoms with Gasteiger partial charge in [-0.25, -0.2) is 4.98 Å². The number of carbonyl (C=O) groups excluding carboxylic acids is 3. The first kappa shape index (κ1) is 20.0. The third kappa shape index (κ3) is 3.77. The molecule has 2 aliphatic heterocycles. The van der Waals surface area contributed by atoms with E-state index in [4.69, 9.17) is 0 Å². The van der Waals surface area contributed by atoms with Crippen LogP contribution in [0.5, 0.6) is 0 Å². The number of benzene rings is 1.